The Morgan fingerprint density at radius 2 is 1.78 bits per heavy atom. The molecule has 0 aliphatic carbocycles. The molecule has 0 radical (unpaired) electrons. The van der Waals surface area contributed by atoms with Gasteiger partial charge in [-0.3, -0.25) is 14.6 Å². The van der Waals surface area contributed by atoms with E-state index in [1.807, 2.05) is 42.3 Å². The van der Waals surface area contributed by atoms with Gasteiger partial charge in [0.1, 0.15) is 17.6 Å². The largest absolute Gasteiger partial charge is 0.301 e. The van der Waals surface area contributed by atoms with Crippen molar-refractivity contribution in [3.05, 3.63) is 66.0 Å². The zero-order valence-electron chi connectivity index (χ0n) is 15.3. The number of amides is 1. The Morgan fingerprint density at radius 1 is 1.15 bits per heavy atom. The second kappa shape index (κ2) is 7.56. The summed E-state index contributed by atoms with van der Waals surface area (Å²) in [5.41, 5.74) is -0.00512. The van der Waals surface area contributed by atoms with E-state index in [-0.39, 0.29) is 6.54 Å². The van der Waals surface area contributed by atoms with Gasteiger partial charge in [-0.05, 0) is 36.9 Å². The lowest BCUT2D eigenvalue weighted by molar-refractivity contribution is -0.122. The molecule has 6 heteroatoms. The first-order chi connectivity index (χ1) is 12.9. The van der Waals surface area contributed by atoms with Gasteiger partial charge in [-0.25, -0.2) is 8.78 Å². The summed E-state index contributed by atoms with van der Waals surface area (Å²) in [4.78, 5) is 27.9. The second-order valence-electron chi connectivity index (χ2n) is 7.11. The maximum atomic E-state index is 14.6. The van der Waals surface area contributed by atoms with Crippen LogP contribution in [0.5, 0.6) is 0 Å². The van der Waals surface area contributed by atoms with Crippen LogP contribution in [0.2, 0.25) is 0 Å². The highest BCUT2D eigenvalue weighted by Gasteiger charge is 2.58. The van der Waals surface area contributed by atoms with E-state index in [4.69, 9.17) is 0 Å². The summed E-state index contributed by atoms with van der Waals surface area (Å²) in [6, 6.07) is 14.9. The molecule has 0 N–H and O–H groups in total. The van der Waals surface area contributed by atoms with Gasteiger partial charge in [0.2, 0.25) is 0 Å². The van der Waals surface area contributed by atoms with Gasteiger partial charge < -0.3 is 4.79 Å². The van der Waals surface area contributed by atoms with Gasteiger partial charge in [-0.15, -0.1) is 0 Å². The number of benzene rings is 2. The Hall–Kier alpha value is -2.60. The Bertz CT molecular complexity index is 813. The second-order valence-corrected chi connectivity index (χ2v) is 7.11. The van der Waals surface area contributed by atoms with Crippen molar-refractivity contribution >= 4 is 17.9 Å². The molecular weight excluding hydrogens is 350 g/mol. The van der Waals surface area contributed by atoms with Crippen LogP contribution in [0, 0.1) is 11.7 Å². The minimum atomic E-state index is -1.79. The predicted octanol–water partition coefficient (Wildman–Crippen LogP) is 3.22. The van der Waals surface area contributed by atoms with Crippen molar-refractivity contribution in [1.29, 1.82) is 0 Å². The van der Waals surface area contributed by atoms with E-state index in [0.717, 1.165) is 5.56 Å². The fraction of sp³-hybridized carbons (Fsp3) is 0.333. The molecule has 0 aromatic heterocycles. The molecule has 3 unspecified atom stereocenters. The highest BCUT2D eigenvalue weighted by atomic mass is 19.1. The summed E-state index contributed by atoms with van der Waals surface area (Å²) in [5.74, 6) is -2.06. The molecule has 0 saturated carbocycles. The van der Waals surface area contributed by atoms with Gasteiger partial charge in [-0.1, -0.05) is 37.3 Å². The van der Waals surface area contributed by atoms with Crippen LogP contribution in [0.25, 0.3) is 0 Å². The van der Waals surface area contributed by atoms with E-state index in [1.165, 1.54) is 29.2 Å². The quantitative estimate of drug-likeness (QED) is 0.731. The monoisotopic (exact) mass is 372 g/mol. The summed E-state index contributed by atoms with van der Waals surface area (Å²) < 4.78 is 27.9. The summed E-state index contributed by atoms with van der Waals surface area (Å²) in [5, 5.41) is 0. The third-order valence-corrected chi connectivity index (χ3v) is 5.21. The third kappa shape index (κ3) is 3.49. The van der Waals surface area contributed by atoms with Gasteiger partial charge in [-0.2, -0.15) is 0 Å². The van der Waals surface area contributed by atoms with Crippen LogP contribution in [0.15, 0.2) is 54.6 Å². The summed E-state index contributed by atoms with van der Waals surface area (Å²) >= 11 is 0. The SMILES string of the molecule is CC1C(F)C(=O)N(c2ccc(F)cc2)C1(C=O)CN(C)Cc1ccccc1. The molecule has 2 aromatic rings. The Morgan fingerprint density at radius 3 is 2.37 bits per heavy atom. The van der Waals surface area contributed by atoms with Crippen LogP contribution in [0.3, 0.4) is 0 Å². The van der Waals surface area contributed by atoms with E-state index in [0.29, 0.717) is 18.5 Å². The Labute approximate surface area is 157 Å². The number of alkyl halides is 1. The number of anilines is 1. The van der Waals surface area contributed by atoms with Gasteiger partial charge in [0.25, 0.3) is 5.91 Å². The number of rotatable bonds is 6. The number of hydrogen-bond acceptors (Lipinski definition) is 3. The molecule has 142 valence electrons. The van der Waals surface area contributed by atoms with Crippen molar-refractivity contribution in [3.8, 4) is 0 Å². The molecule has 0 spiro atoms. The molecule has 1 amide bonds. The molecule has 27 heavy (non-hydrogen) atoms. The molecule has 1 heterocycles. The molecule has 0 bridgehead atoms. The molecular formula is C21H22F2N2O2. The molecule has 2 aromatic carbocycles. The van der Waals surface area contributed by atoms with Crippen molar-refractivity contribution in [1.82, 2.24) is 4.90 Å². The molecule has 1 saturated heterocycles. The van der Waals surface area contributed by atoms with E-state index >= 15 is 0 Å². The normalized spacial score (nSPS) is 25.2. The molecule has 4 nitrogen and oxygen atoms in total. The van der Waals surface area contributed by atoms with Crippen LogP contribution in [0.4, 0.5) is 14.5 Å². The summed E-state index contributed by atoms with van der Waals surface area (Å²) in [6.45, 7) is 2.28. The van der Waals surface area contributed by atoms with E-state index in [9.17, 15) is 18.4 Å². The Kier molecular flexibility index (Phi) is 5.37. The van der Waals surface area contributed by atoms with Crippen molar-refractivity contribution in [2.75, 3.05) is 18.5 Å². The van der Waals surface area contributed by atoms with Crippen LogP contribution >= 0.6 is 0 Å². The van der Waals surface area contributed by atoms with Crippen molar-refractivity contribution in [2.24, 2.45) is 5.92 Å². The van der Waals surface area contributed by atoms with E-state index in [2.05, 4.69) is 0 Å². The van der Waals surface area contributed by atoms with Gasteiger partial charge >= 0.3 is 0 Å². The maximum absolute atomic E-state index is 14.6. The van der Waals surface area contributed by atoms with Crippen molar-refractivity contribution < 1.29 is 18.4 Å². The van der Waals surface area contributed by atoms with Gasteiger partial charge in [0.15, 0.2) is 6.17 Å². The summed E-state index contributed by atoms with van der Waals surface area (Å²) in [7, 11) is 1.82. The first-order valence-electron chi connectivity index (χ1n) is 8.81. The van der Waals surface area contributed by atoms with Crippen molar-refractivity contribution in [2.45, 2.75) is 25.2 Å². The number of carbonyl (C=O) groups excluding carboxylic acids is 2. The smallest absolute Gasteiger partial charge is 0.262 e. The van der Waals surface area contributed by atoms with Crippen LogP contribution in [-0.4, -0.2) is 42.4 Å². The molecule has 1 fully saturated rings. The lowest BCUT2D eigenvalue weighted by atomic mass is 9.85. The lowest BCUT2D eigenvalue weighted by Crippen LogP contribution is -2.57. The average molecular weight is 372 g/mol. The fourth-order valence-electron chi connectivity index (χ4n) is 3.75. The van der Waals surface area contributed by atoms with E-state index in [1.54, 1.807) is 6.92 Å². The average Bonchev–Trinajstić information content (AvgIpc) is 2.85. The van der Waals surface area contributed by atoms with Crippen LogP contribution in [0.1, 0.15) is 12.5 Å². The number of likely N-dealkylation sites (N-methyl/N-ethyl adjacent to an activating group) is 1. The topological polar surface area (TPSA) is 40.6 Å². The highest BCUT2D eigenvalue weighted by molar-refractivity contribution is 6.05. The zero-order valence-corrected chi connectivity index (χ0v) is 15.3. The minimum Gasteiger partial charge on any atom is -0.301 e. The van der Waals surface area contributed by atoms with E-state index < -0.39 is 29.4 Å². The third-order valence-electron chi connectivity index (χ3n) is 5.21. The number of aldehydes is 1. The maximum Gasteiger partial charge on any atom is 0.262 e. The number of hydrogen-bond donors (Lipinski definition) is 0. The first-order valence-corrected chi connectivity index (χ1v) is 8.81. The highest BCUT2D eigenvalue weighted by Crippen LogP contribution is 2.40. The standard InChI is InChI=1S/C21H22F2N2O2/c1-15-19(23)20(27)25(18-10-8-17(22)9-11-18)21(15,14-26)13-24(2)12-16-6-4-3-5-7-16/h3-11,14-15,19H,12-13H2,1-2H3. The van der Waals surface area contributed by atoms with Crippen LogP contribution in [-0.2, 0) is 16.1 Å². The number of nitrogens with zero attached hydrogens (tertiary/aromatic N) is 2. The van der Waals surface area contributed by atoms with Crippen LogP contribution < -0.4 is 4.90 Å². The molecule has 1 aliphatic heterocycles. The number of halogens is 2. The fourth-order valence-corrected chi connectivity index (χ4v) is 3.75. The minimum absolute atomic E-state index is 0.163. The first kappa shape index (κ1) is 19.2. The van der Waals surface area contributed by atoms with Crippen molar-refractivity contribution in [3.63, 3.8) is 0 Å². The van der Waals surface area contributed by atoms with Gasteiger partial charge in [0, 0.05) is 24.7 Å². The predicted molar refractivity (Wildman–Crippen MR) is 99.5 cm³/mol. The lowest BCUT2D eigenvalue weighted by Gasteiger charge is -2.39. The van der Waals surface area contributed by atoms with Gasteiger partial charge in [0.05, 0.1) is 0 Å². The molecule has 3 atom stereocenters. The summed E-state index contributed by atoms with van der Waals surface area (Å²) in [6.07, 6.45) is -1.13. The molecule has 1 aliphatic rings. The number of carbonyl (C=O) groups is 2. The Balaban J connectivity index is 1.94. The zero-order chi connectivity index (χ0) is 19.6. The molecule has 3 rings (SSSR count).